The number of ether oxygens (including phenoxy) is 1. The molecule has 0 aliphatic carbocycles. The molecule has 0 spiro atoms. The Kier molecular flexibility index (Phi) is 6.53. The van der Waals surface area contributed by atoms with Crippen LogP contribution in [0.1, 0.15) is 25.6 Å². The first-order chi connectivity index (χ1) is 8.69. The van der Waals surface area contributed by atoms with Crippen LogP contribution in [0.25, 0.3) is 0 Å². The molecule has 1 aromatic heterocycles. The van der Waals surface area contributed by atoms with E-state index in [1.54, 1.807) is 0 Å². The van der Waals surface area contributed by atoms with E-state index < -0.39 is 0 Å². The van der Waals surface area contributed by atoms with Gasteiger partial charge in [0.15, 0.2) is 11.6 Å². The monoisotopic (exact) mass is 255 g/mol. The number of rotatable bonds is 9. The van der Waals surface area contributed by atoms with Gasteiger partial charge in [-0.15, -0.1) is 0 Å². The molecule has 102 valence electrons. The summed E-state index contributed by atoms with van der Waals surface area (Å²) in [7, 11) is 1.49. The number of Topliss-reactive ketones (excluding diaryl/α,β-unsaturated/α-hetero) is 1. The summed E-state index contributed by atoms with van der Waals surface area (Å²) >= 11 is 0. The molecule has 18 heavy (non-hydrogen) atoms. The smallest absolute Gasteiger partial charge is 0.234 e. The molecule has 6 heteroatoms. The molecule has 0 bridgehead atoms. The molecular formula is C12H21N3O3. The maximum atomic E-state index is 11.3. The molecule has 0 saturated heterocycles. The van der Waals surface area contributed by atoms with Crippen LogP contribution in [-0.4, -0.2) is 54.2 Å². The van der Waals surface area contributed by atoms with Gasteiger partial charge in [-0.1, -0.05) is 19.0 Å². The standard InChI is InChI=1S/C12H21N3O3/c1-4-15(5-2)7-6-11-13-12(18-14-11)8-10(16)9-17-3/h4-9H2,1-3H3. The number of hydrogen-bond donors (Lipinski definition) is 0. The SMILES string of the molecule is CCN(CC)CCc1noc(CC(=O)COC)n1. The Morgan fingerprint density at radius 1 is 1.39 bits per heavy atom. The molecule has 0 unspecified atom stereocenters. The molecule has 1 aromatic rings. The fourth-order valence-electron chi connectivity index (χ4n) is 1.64. The van der Waals surface area contributed by atoms with Crippen molar-refractivity contribution in [3.05, 3.63) is 11.7 Å². The highest BCUT2D eigenvalue weighted by Crippen LogP contribution is 2.01. The molecule has 0 radical (unpaired) electrons. The van der Waals surface area contributed by atoms with Gasteiger partial charge in [-0.25, -0.2) is 0 Å². The second-order valence-electron chi connectivity index (χ2n) is 4.03. The minimum absolute atomic E-state index is 0.0588. The summed E-state index contributed by atoms with van der Waals surface area (Å²) in [6.07, 6.45) is 0.885. The molecule has 1 heterocycles. The van der Waals surface area contributed by atoms with Crippen molar-refractivity contribution in [2.24, 2.45) is 0 Å². The van der Waals surface area contributed by atoms with Crippen molar-refractivity contribution in [3.8, 4) is 0 Å². The Morgan fingerprint density at radius 2 is 2.11 bits per heavy atom. The van der Waals surface area contributed by atoms with Crippen LogP contribution in [0.3, 0.4) is 0 Å². The van der Waals surface area contributed by atoms with Gasteiger partial charge in [-0.05, 0) is 13.1 Å². The van der Waals surface area contributed by atoms with E-state index in [2.05, 4.69) is 28.9 Å². The minimum atomic E-state index is -0.0588. The van der Waals surface area contributed by atoms with Crippen molar-refractivity contribution in [2.75, 3.05) is 33.4 Å². The largest absolute Gasteiger partial charge is 0.377 e. The van der Waals surface area contributed by atoms with Gasteiger partial charge in [0.05, 0.1) is 6.42 Å². The molecule has 0 aliphatic rings. The molecule has 0 aliphatic heterocycles. The van der Waals surface area contributed by atoms with Gasteiger partial charge in [0.1, 0.15) is 6.61 Å². The fourth-order valence-corrected chi connectivity index (χ4v) is 1.64. The van der Waals surface area contributed by atoms with E-state index in [0.717, 1.165) is 26.1 Å². The number of carbonyl (C=O) groups excluding carboxylic acids is 1. The fraction of sp³-hybridized carbons (Fsp3) is 0.750. The van der Waals surface area contributed by atoms with Gasteiger partial charge in [-0.3, -0.25) is 4.79 Å². The number of aromatic nitrogens is 2. The summed E-state index contributed by atoms with van der Waals surface area (Å²) in [5, 5.41) is 3.86. The number of ketones is 1. The zero-order valence-corrected chi connectivity index (χ0v) is 11.3. The summed E-state index contributed by atoms with van der Waals surface area (Å²) in [5.74, 6) is 0.963. The number of hydrogen-bond acceptors (Lipinski definition) is 6. The first kappa shape index (κ1) is 14.8. The molecule has 0 saturated carbocycles. The third-order valence-corrected chi connectivity index (χ3v) is 2.71. The third-order valence-electron chi connectivity index (χ3n) is 2.71. The van der Waals surface area contributed by atoms with Crippen molar-refractivity contribution in [1.29, 1.82) is 0 Å². The van der Waals surface area contributed by atoms with Gasteiger partial charge in [0.2, 0.25) is 5.89 Å². The summed E-state index contributed by atoms with van der Waals surface area (Å²) in [6, 6.07) is 0. The van der Waals surface area contributed by atoms with E-state index in [1.165, 1.54) is 7.11 Å². The lowest BCUT2D eigenvalue weighted by Gasteiger charge is -2.16. The van der Waals surface area contributed by atoms with Crippen molar-refractivity contribution < 1.29 is 14.1 Å². The molecule has 0 atom stereocenters. The normalized spacial score (nSPS) is 11.1. The summed E-state index contributed by atoms with van der Waals surface area (Å²) in [4.78, 5) is 17.8. The van der Waals surface area contributed by atoms with Crippen LogP contribution in [0.4, 0.5) is 0 Å². The maximum Gasteiger partial charge on any atom is 0.234 e. The van der Waals surface area contributed by atoms with E-state index in [-0.39, 0.29) is 18.8 Å². The molecule has 0 aromatic carbocycles. The van der Waals surface area contributed by atoms with Crippen LogP contribution in [0.5, 0.6) is 0 Å². The van der Waals surface area contributed by atoms with Gasteiger partial charge < -0.3 is 14.2 Å². The van der Waals surface area contributed by atoms with Crippen LogP contribution in [0, 0.1) is 0 Å². The van der Waals surface area contributed by atoms with Gasteiger partial charge in [0.25, 0.3) is 0 Å². The predicted octanol–water partition coefficient (Wildman–Crippen LogP) is 0.712. The lowest BCUT2D eigenvalue weighted by atomic mass is 10.3. The van der Waals surface area contributed by atoms with Crippen LogP contribution < -0.4 is 0 Å². The molecule has 0 amide bonds. The Balaban J connectivity index is 2.40. The molecule has 1 rings (SSSR count). The third kappa shape index (κ3) is 4.93. The Labute approximate surface area is 107 Å². The summed E-state index contributed by atoms with van der Waals surface area (Å²) in [5.41, 5.74) is 0. The van der Waals surface area contributed by atoms with Crippen LogP contribution in [-0.2, 0) is 22.4 Å². The highest BCUT2D eigenvalue weighted by Gasteiger charge is 2.11. The van der Waals surface area contributed by atoms with E-state index in [4.69, 9.17) is 9.26 Å². The van der Waals surface area contributed by atoms with E-state index >= 15 is 0 Å². The number of carbonyl (C=O) groups is 1. The average Bonchev–Trinajstić information content (AvgIpc) is 2.78. The lowest BCUT2D eigenvalue weighted by Crippen LogP contribution is -2.25. The molecular weight excluding hydrogens is 234 g/mol. The van der Waals surface area contributed by atoms with Crippen molar-refractivity contribution in [1.82, 2.24) is 15.0 Å². The molecule has 0 fully saturated rings. The number of likely N-dealkylation sites (N-methyl/N-ethyl adjacent to an activating group) is 1. The summed E-state index contributed by atoms with van der Waals surface area (Å²) in [6.45, 7) is 7.24. The zero-order chi connectivity index (χ0) is 13.4. The quantitative estimate of drug-likeness (QED) is 0.647. The van der Waals surface area contributed by atoms with Crippen molar-refractivity contribution in [2.45, 2.75) is 26.7 Å². The lowest BCUT2D eigenvalue weighted by molar-refractivity contribution is -0.122. The highest BCUT2D eigenvalue weighted by molar-refractivity contribution is 5.81. The Morgan fingerprint density at radius 3 is 2.72 bits per heavy atom. The Bertz CT molecular complexity index is 361. The van der Waals surface area contributed by atoms with Crippen LogP contribution >= 0.6 is 0 Å². The van der Waals surface area contributed by atoms with Crippen LogP contribution in [0.2, 0.25) is 0 Å². The number of nitrogens with zero attached hydrogens (tertiary/aromatic N) is 3. The second-order valence-corrected chi connectivity index (χ2v) is 4.03. The number of methoxy groups -OCH3 is 1. The van der Waals surface area contributed by atoms with Gasteiger partial charge in [-0.2, -0.15) is 4.98 Å². The first-order valence-electron chi connectivity index (χ1n) is 6.24. The summed E-state index contributed by atoms with van der Waals surface area (Å²) < 4.78 is 9.77. The van der Waals surface area contributed by atoms with Crippen LogP contribution in [0.15, 0.2) is 4.52 Å². The van der Waals surface area contributed by atoms with Gasteiger partial charge >= 0.3 is 0 Å². The van der Waals surface area contributed by atoms with Crippen molar-refractivity contribution in [3.63, 3.8) is 0 Å². The minimum Gasteiger partial charge on any atom is -0.377 e. The average molecular weight is 255 g/mol. The first-order valence-corrected chi connectivity index (χ1v) is 6.24. The predicted molar refractivity (Wildman–Crippen MR) is 66.4 cm³/mol. The molecule has 0 N–H and O–H groups in total. The maximum absolute atomic E-state index is 11.3. The van der Waals surface area contributed by atoms with E-state index in [0.29, 0.717) is 11.7 Å². The Hall–Kier alpha value is -1.27. The van der Waals surface area contributed by atoms with Gasteiger partial charge in [0, 0.05) is 20.1 Å². The zero-order valence-electron chi connectivity index (χ0n) is 11.3. The van der Waals surface area contributed by atoms with E-state index in [9.17, 15) is 4.79 Å². The van der Waals surface area contributed by atoms with Crippen molar-refractivity contribution >= 4 is 5.78 Å². The topological polar surface area (TPSA) is 68.5 Å². The second kappa shape index (κ2) is 7.94. The highest BCUT2D eigenvalue weighted by atomic mass is 16.5. The molecule has 6 nitrogen and oxygen atoms in total. The van der Waals surface area contributed by atoms with E-state index in [1.807, 2.05) is 0 Å².